The van der Waals surface area contributed by atoms with Gasteiger partial charge in [0.25, 0.3) is 0 Å². The first-order valence-corrected chi connectivity index (χ1v) is 10.8. The molecule has 0 spiro atoms. The lowest BCUT2D eigenvalue weighted by Crippen LogP contribution is -2.56. The first-order valence-electron chi connectivity index (χ1n) is 9.30. The zero-order valence-corrected chi connectivity index (χ0v) is 17.0. The molecule has 1 heterocycles. The Morgan fingerprint density at radius 1 is 1.27 bits per heavy atom. The Labute approximate surface area is 163 Å². The number of rotatable bonds is 8. The van der Waals surface area contributed by atoms with E-state index in [0.29, 0.717) is 32.2 Å². The second-order valence-electron chi connectivity index (χ2n) is 7.33. The number of ketones is 1. The summed E-state index contributed by atoms with van der Waals surface area (Å²) in [6, 6.07) is 1.66. The predicted molar refractivity (Wildman–Crippen MR) is 103 cm³/mol. The van der Waals surface area contributed by atoms with Crippen LogP contribution in [0.3, 0.4) is 0 Å². The van der Waals surface area contributed by atoms with E-state index in [-0.39, 0.29) is 30.7 Å². The van der Waals surface area contributed by atoms with Gasteiger partial charge in [-0.05, 0) is 39.0 Å². The molecule has 1 saturated heterocycles. The smallest absolute Gasteiger partial charge is 0.216 e. The highest BCUT2D eigenvalue weighted by Crippen LogP contribution is 2.25. The summed E-state index contributed by atoms with van der Waals surface area (Å²) in [5.41, 5.74) is 5.74. The van der Waals surface area contributed by atoms with Crippen molar-refractivity contribution >= 4 is 28.2 Å². The number of halogens is 1. The number of nitrogens with two attached hydrogens (primary N) is 1. The van der Waals surface area contributed by atoms with E-state index in [9.17, 15) is 18.5 Å². The van der Waals surface area contributed by atoms with Crippen molar-refractivity contribution in [1.82, 2.24) is 9.62 Å². The van der Waals surface area contributed by atoms with E-state index in [1.54, 1.807) is 4.90 Å². The Hall–Kier alpha value is -0.720. The Morgan fingerprint density at radius 3 is 2.50 bits per heavy atom. The van der Waals surface area contributed by atoms with Gasteiger partial charge in [-0.15, -0.1) is 12.4 Å². The van der Waals surface area contributed by atoms with Gasteiger partial charge in [-0.3, -0.25) is 9.69 Å². The number of nitrogens with zero attached hydrogens (tertiary/aromatic N) is 2. The molecule has 26 heavy (non-hydrogen) atoms. The maximum Gasteiger partial charge on any atom is 0.216 e. The van der Waals surface area contributed by atoms with E-state index in [2.05, 4.69) is 10.8 Å². The van der Waals surface area contributed by atoms with Crippen molar-refractivity contribution in [3.05, 3.63) is 0 Å². The molecule has 3 atom stereocenters. The number of hydrogen-bond donors (Lipinski definition) is 2. The van der Waals surface area contributed by atoms with Crippen molar-refractivity contribution in [2.24, 2.45) is 5.73 Å². The van der Waals surface area contributed by atoms with Crippen LogP contribution in [0.5, 0.6) is 0 Å². The normalized spacial score (nSPS) is 24.4. The van der Waals surface area contributed by atoms with E-state index < -0.39 is 27.5 Å². The fourth-order valence-electron chi connectivity index (χ4n) is 3.69. The number of hydrogen-bond acceptors (Lipinski definition) is 6. The molecule has 0 aromatic carbocycles. The summed E-state index contributed by atoms with van der Waals surface area (Å²) in [5, 5.41) is 8.90. The van der Waals surface area contributed by atoms with Crippen molar-refractivity contribution in [3.8, 4) is 6.07 Å². The first kappa shape index (κ1) is 23.3. The minimum atomic E-state index is -3.59. The standard InChI is InChI=1S/C17H30N4O3S.ClH/c1-13(19)9-10-16(22)17(21-11-5-6-14(21)12-18)20-25(23,24)15-7-3-2-4-8-15;/h13-15,17,20H,2-11,19H2,1H3;1H/t13-,14-,17?;/m0./s1. The first-order chi connectivity index (χ1) is 11.8. The van der Waals surface area contributed by atoms with Crippen LogP contribution < -0.4 is 10.5 Å². The third-order valence-electron chi connectivity index (χ3n) is 5.19. The second kappa shape index (κ2) is 10.6. The van der Waals surface area contributed by atoms with Crippen LogP contribution in [0.1, 0.15) is 64.7 Å². The molecular weight excluding hydrogens is 376 g/mol. The fourth-order valence-corrected chi connectivity index (χ4v) is 5.41. The Kier molecular flexibility index (Phi) is 9.48. The summed E-state index contributed by atoms with van der Waals surface area (Å²) in [6.07, 6.45) is 5.37. The Bertz CT molecular complexity index is 600. The molecule has 1 saturated carbocycles. The van der Waals surface area contributed by atoms with Gasteiger partial charge >= 0.3 is 0 Å². The fraction of sp³-hybridized carbons (Fsp3) is 0.882. The van der Waals surface area contributed by atoms with Gasteiger partial charge in [0.1, 0.15) is 6.17 Å². The molecule has 1 unspecified atom stereocenters. The summed E-state index contributed by atoms with van der Waals surface area (Å²) in [5.74, 6) is -0.196. The van der Waals surface area contributed by atoms with Gasteiger partial charge in [-0.2, -0.15) is 9.98 Å². The lowest BCUT2D eigenvalue weighted by atomic mass is 10.0. The molecule has 1 aliphatic heterocycles. The van der Waals surface area contributed by atoms with Crippen LogP contribution in [-0.4, -0.2) is 49.1 Å². The Balaban J connectivity index is 0.00000338. The lowest BCUT2D eigenvalue weighted by Gasteiger charge is -2.32. The van der Waals surface area contributed by atoms with Crippen molar-refractivity contribution in [2.45, 2.75) is 88.2 Å². The van der Waals surface area contributed by atoms with Gasteiger partial charge in [-0.25, -0.2) is 8.42 Å². The van der Waals surface area contributed by atoms with Crippen molar-refractivity contribution in [1.29, 1.82) is 5.26 Å². The van der Waals surface area contributed by atoms with E-state index in [1.807, 2.05) is 6.92 Å². The summed E-state index contributed by atoms with van der Waals surface area (Å²) in [4.78, 5) is 14.4. The average molecular weight is 407 g/mol. The third-order valence-corrected chi connectivity index (χ3v) is 7.09. The SMILES string of the molecule is C[C@H](N)CCC(=O)C(NS(=O)(=O)C1CCCCC1)N1CCC[C@H]1C#N.Cl. The molecule has 150 valence electrons. The summed E-state index contributed by atoms with van der Waals surface area (Å²) < 4.78 is 28.2. The molecule has 1 aliphatic carbocycles. The zero-order valence-electron chi connectivity index (χ0n) is 15.4. The molecule has 2 aliphatic rings. The van der Waals surface area contributed by atoms with Gasteiger partial charge in [0.2, 0.25) is 10.0 Å². The number of carbonyl (C=O) groups excluding carboxylic acids is 1. The number of likely N-dealkylation sites (tertiary alicyclic amines) is 1. The molecule has 0 amide bonds. The van der Waals surface area contributed by atoms with Crippen LogP contribution in [-0.2, 0) is 14.8 Å². The molecule has 9 heteroatoms. The molecule has 0 aromatic heterocycles. The molecule has 0 radical (unpaired) electrons. The summed E-state index contributed by atoms with van der Waals surface area (Å²) in [7, 11) is -3.59. The molecule has 7 nitrogen and oxygen atoms in total. The minimum absolute atomic E-state index is 0. The van der Waals surface area contributed by atoms with Crippen LogP contribution in [0, 0.1) is 11.3 Å². The third kappa shape index (κ3) is 6.17. The highest BCUT2D eigenvalue weighted by Gasteiger charge is 2.39. The second-order valence-corrected chi connectivity index (χ2v) is 9.33. The van der Waals surface area contributed by atoms with E-state index in [0.717, 1.165) is 25.7 Å². The minimum Gasteiger partial charge on any atom is -0.328 e. The van der Waals surface area contributed by atoms with Crippen LogP contribution in [0.15, 0.2) is 0 Å². The molecule has 2 fully saturated rings. The van der Waals surface area contributed by atoms with Crippen molar-refractivity contribution in [3.63, 3.8) is 0 Å². The molecule has 3 N–H and O–H groups in total. The topological polar surface area (TPSA) is 116 Å². The van der Waals surface area contributed by atoms with Gasteiger partial charge < -0.3 is 5.73 Å². The predicted octanol–water partition coefficient (Wildman–Crippen LogP) is 1.67. The lowest BCUT2D eigenvalue weighted by molar-refractivity contribution is -0.125. The van der Waals surface area contributed by atoms with Crippen LogP contribution >= 0.6 is 12.4 Å². The molecule has 0 bridgehead atoms. The van der Waals surface area contributed by atoms with Gasteiger partial charge in [0.05, 0.1) is 17.4 Å². The number of nitrogens with one attached hydrogen (secondary N) is 1. The van der Waals surface area contributed by atoms with Crippen molar-refractivity contribution in [2.75, 3.05) is 6.54 Å². The summed E-state index contributed by atoms with van der Waals surface area (Å²) >= 11 is 0. The van der Waals surface area contributed by atoms with Gasteiger partial charge in [0, 0.05) is 19.0 Å². The maximum atomic E-state index is 12.8. The monoisotopic (exact) mass is 406 g/mol. The highest BCUT2D eigenvalue weighted by atomic mass is 35.5. The number of sulfonamides is 1. The highest BCUT2D eigenvalue weighted by molar-refractivity contribution is 7.90. The molecule has 2 rings (SSSR count). The van der Waals surface area contributed by atoms with Gasteiger partial charge in [0.15, 0.2) is 5.78 Å². The van der Waals surface area contributed by atoms with E-state index >= 15 is 0 Å². The number of carbonyl (C=O) groups is 1. The summed E-state index contributed by atoms with van der Waals surface area (Å²) in [6.45, 7) is 2.38. The molecule has 0 aromatic rings. The van der Waals surface area contributed by atoms with Crippen LogP contribution in [0.2, 0.25) is 0 Å². The maximum absolute atomic E-state index is 12.8. The quantitative estimate of drug-likeness (QED) is 0.633. The van der Waals surface area contributed by atoms with Gasteiger partial charge in [-0.1, -0.05) is 19.3 Å². The zero-order chi connectivity index (χ0) is 18.4. The Morgan fingerprint density at radius 2 is 1.92 bits per heavy atom. The number of nitriles is 1. The van der Waals surface area contributed by atoms with E-state index in [4.69, 9.17) is 5.73 Å². The van der Waals surface area contributed by atoms with Crippen molar-refractivity contribution < 1.29 is 13.2 Å². The largest absolute Gasteiger partial charge is 0.328 e. The van der Waals surface area contributed by atoms with Crippen LogP contribution in [0.25, 0.3) is 0 Å². The van der Waals surface area contributed by atoms with E-state index in [1.165, 1.54) is 0 Å². The average Bonchev–Trinajstić information content (AvgIpc) is 3.06. The van der Waals surface area contributed by atoms with Crippen LogP contribution in [0.4, 0.5) is 0 Å². The molecular formula is C17H31ClN4O3S. The number of Topliss-reactive ketones (excluding diaryl/α,β-unsaturated/α-hetero) is 1.